The Hall–Kier alpha value is -0.330. The van der Waals surface area contributed by atoms with Gasteiger partial charge in [-0.2, -0.15) is 13.2 Å². The largest absolute Gasteiger partial charge is 0.414 e. The molecule has 1 N–H and O–H groups in total. The van der Waals surface area contributed by atoms with Crippen molar-refractivity contribution in [2.75, 3.05) is 19.7 Å². The van der Waals surface area contributed by atoms with E-state index in [0.717, 1.165) is 39.3 Å². The third-order valence-electron chi connectivity index (χ3n) is 2.99. The minimum Gasteiger partial charge on any atom is -0.371 e. The minimum atomic E-state index is -4.29. The molecule has 0 bridgehead atoms. The van der Waals surface area contributed by atoms with Crippen LogP contribution in [0.2, 0.25) is 0 Å². The summed E-state index contributed by atoms with van der Waals surface area (Å²) >= 11 is 0. The lowest BCUT2D eigenvalue weighted by Crippen LogP contribution is -2.32. The predicted octanol–water partition coefficient (Wildman–Crippen LogP) is 2.50. The lowest BCUT2D eigenvalue weighted by atomic mass is 10.2. The molecule has 0 aromatic heterocycles. The quantitative estimate of drug-likeness (QED) is 0.720. The zero-order chi connectivity index (χ0) is 13.6. The normalized spacial score (nSPS) is 26.5. The van der Waals surface area contributed by atoms with Gasteiger partial charge in [0.1, 0.15) is 0 Å². The van der Waals surface area contributed by atoms with Crippen LogP contribution >= 0.6 is 0 Å². The highest BCUT2D eigenvalue weighted by Crippen LogP contribution is 2.25. The fourth-order valence-corrected chi connectivity index (χ4v) is 1.84. The number of halogens is 3. The van der Waals surface area contributed by atoms with Gasteiger partial charge >= 0.3 is 6.18 Å². The Labute approximate surface area is 106 Å². The number of hydrogen-bond acceptors (Lipinski definition) is 3. The molecule has 0 spiro atoms. The third-order valence-corrected chi connectivity index (χ3v) is 2.99. The van der Waals surface area contributed by atoms with Gasteiger partial charge in [-0.3, -0.25) is 0 Å². The third kappa shape index (κ3) is 5.54. The highest BCUT2D eigenvalue weighted by molar-refractivity contribution is 4.75. The van der Waals surface area contributed by atoms with E-state index in [4.69, 9.17) is 9.47 Å². The van der Waals surface area contributed by atoms with Crippen LogP contribution in [-0.4, -0.2) is 44.2 Å². The first-order valence-electron chi connectivity index (χ1n) is 6.48. The highest BCUT2D eigenvalue weighted by atomic mass is 19.4. The van der Waals surface area contributed by atoms with E-state index < -0.39 is 12.3 Å². The maximum atomic E-state index is 12.2. The Morgan fingerprint density at radius 1 is 1.33 bits per heavy atom. The van der Waals surface area contributed by atoms with Crippen molar-refractivity contribution in [1.29, 1.82) is 0 Å². The van der Waals surface area contributed by atoms with Crippen molar-refractivity contribution in [2.24, 2.45) is 0 Å². The van der Waals surface area contributed by atoms with Crippen LogP contribution in [0.4, 0.5) is 13.2 Å². The van der Waals surface area contributed by atoms with Gasteiger partial charge in [0, 0.05) is 6.54 Å². The predicted molar refractivity (Wildman–Crippen MR) is 62.5 cm³/mol. The number of ether oxygens (including phenoxy) is 2. The van der Waals surface area contributed by atoms with Crippen LogP contribution < -0.4 is 5.32 Å². The highest BCUT2D eigenvalue weighted by Gasteiger charge is 2.37. The van der Waals surface area contributed by atoms with E-state index in [-0.39, 0.29) is 18.8 Å². The van der Waals surface area contributed by atoms with Crippen LogP contribution in [0.5, 0.6) is 0 Å². The molecule has 18 heavy (non-hydrogen) atoms. The van der Waals surface area contributed by atoms with Crippen molar-refractivity contribution in [1.82, 2.24) is 5.32 Å². The van der Waals surface area contributed by atoms with Crippen molar-refractivity contribution in [3.63, 3.8) is 0 Å². The molecule has 108 valence electrons. The molecule has 1 aliphatic rings. The minimum absolute atomic E-state index is 0.0188. The molecule has 3 nitrogen and oxygen atoms in total. The van der Waals surface area contributed by atoms with Crippen molar-refractivity contribution in [3.8, 4) is 0 Å². The van der Waals surface area contributed by atoms with E-state index in [1.807, 2.05) is 0 Å². The van der Waals surface area contributed by atoms with Crippen LogP contribution in [0.1, 0.15) is 33.1 Å². The smallest absolute Gasteiger partial charge is 0.371 e. The maximum absolute atomic E-state index is 12.2. The standard InChI is InChI=1S/C12H22F3NO2/c1-3-6-16-7-10-4-5-11(18-10)8-17-9(2)12(13,14)15/h9-11,16H,3-8H2,1-2H3. The number of nitrogens with one attached hydrogen (secondary N) is 1. The average Bonchev–Trinajstić information content (AvgIpc) is 2.73. The van der Waals surface area contributed by atoms with Crippen LogP contribution in [0, 0.1) is 0 Å². The SMILES string of the molecule is CCCNCC1CCC(COC(C)C(F)(F)F)O1. The zero-order valence-corrected chi connectivity index (χ0v) is 10.9. The lowest BCUT2D eigenvalue weighted by Gasteiger charge is -2.19. The van der Waals surface area contributed by atoms with Crippen molar-refractivity contribution in [3.05, 3.63) is 0 Å². The summed E-state index contributed by atoms with van der Waals surface area (Å²) < 4.78 is 47.1. The van der Waals surface area contributed by atoms with Gasteiger partial charge in [0.05, 0.1) is 18.8 Å². The number of rotatable bonds is 7. The molecular weight excluding hydrogens is 247 g/mol. The summed E-state index contributed by atoms with van der Waals surface area (Å²) in [7, 11) is 0. The van der Waals surface area contributed by atoms with Gasteiger partial charge in [0.25, 0.3) is 0 Å². The van der Waals surface area contributed by atoms with E-state index >= 15 is 0 Å². The molecule has 1 aliphatic heterocycles. The van der Waals surface area contributed by atoms with Crippen LogP contribution in [0.3, 0.4) is 0 Å². The lowest BCUT2D eigenvalue weighted by molar-refractivity contribution is -0.220. The molecule has 0 aromatic rings. The Bertz CT molecular complexity index is 236. The monoisotopic (exact) mass is 269 g/mol. The van der Waals surface area contributed by atoms with E-state index in [1.54, 1.807) is 0 Å². The van der Waals surface area contributed by atoms with Crippen molar-refractivity contribution < 1.29 is 22.6 Å². The maximum Gasteiger partial charge on any atom is 0.414 e. The van der Waals surface area contributed by atoms with Crippen molar-refractivity contribution in [2.45, 2.75) is 57.6 Å². The van der Waals surface area contributed by atoms with Gasteiger partial charge in [0.2, 0.25) is 0 Å². The van der Waals surface area contributed by atoms with Gasteiger partial charge in [-0.25, -0.2) is 0 Å². The van der Waals surface area contributed by atoms with Gasteiger partial charge in [-0.05, 0) is 32.7 Å². The topological polar surface area (TPSA) is 30.5 Å². The van der Waals surface area contributed by atoms with Gasteiger partial charge in [-0.1, -0.05) is 6.92 Å². The second-order valence-corrected chi connectivity index (χ2v) is 4.68. The molecule has 1 fully saturated rings. The molecular formula is C12H22F3NO2. The summed E-state index contributed by atoms with van der Waals surface area (Å²) in [5, 5.41) is 3.24. The van der Waals surface area contributed by atoms with Gasteiger partial charge in [-0.15, -0.1) is 0 Å². The Balaban J connectivity index is 2.15. The van der Waals surface area contributed by atoms with Crippen LogP contribution in [0.25, 0.3) is 0 Å². The fraction of sp³-hybridized carbons (Fsp3) is 1.00. The molecule has 1 rings (SSSR count). The summed E-state index contributed by atoms with van der Waals surface area (Å²) in [5.41, 5.74) is 0. The first kappa shape index (κ1) is 15.7. The fourth-order valence-electron chi connectivity index (χ4n) is 1.84. The summed E-state index contributed by atoms with van der Waals surface area (Å²) in [6.45, 7) is 4.82. The summed E-state index contributed by atoms with van der Waals surface area (Å²) in [4.78, 5) is 0. The van der Waals surface area contributed by atoms with Crippen LogP contribution in [0.15, 0.2) is 0 Å². The second-order valence-electron chi connectivity index (χ2n) is 4.68. The zero-order valence-electron chi connectivity index (χ0n) is 10.9. The number of alkyl halides is 3. The van der Waals surface area contributed by atoms with Crippen LogP contribution in [-0.2, 0) is 9.47 Å². The van der Waals surface area contributed by atoms with E-state index in [9.17, 15) is 13.2 Å². The Morgan fingerprint density at radius 3 is 2.61 bits per heavy atom. The summed E-state index contributed by atoms with van der Waals surface area (Å²) in [6.07, 6.45) is -3.41. The average molecular weight is 269 g/mol. The molecule has 3 atom stereocenters. The second kappa shape index (κ2) is 7.31. The van der Waals surface area contributed by atoms with Gasteiger partial charge in [0.15, 0.2) is 6.10 Å². The molecule has 0 saturated carbocycles. The summed E-state index contributed by atoms with van der Waals surface area (Å²) in [5.74, 6) is 0. The first-order valence-corrected chi connectivity index (χ1v) is 6.48. The molecule has 3 unspecified atom stereocenters. The molecule has 1 saturated heterocycles. The molecule has 0 aromatic carbocycles. The Morgan fingerprint density at radius 2 is 2.00 bits per heavy atom. The van der Waals surface area contributed by atoms with Gasteiger partial charge < -0.3 is 14.8 Å². The first-order chi connectivity index (χ1) is 8.43. The molecule has 0 aliphatic carbocycles. The van der Waals surface area contributed by atoms with E-state index in [0.29, 0.717) is 0 Å². The molecule has 6 heteroatoms. The Kier molecular flexibility index (Phi) is 6.38. The van der Waals surface area contributed by atoms with E-state index in [2.05, 4.69) is 12.2 Å². The van der Waals surface area contributed by atoms with Crippen molar-refractivity contribution >= 4 is 0 Å². The van der Waals surface area contributed by atoms with E-state index in [1.165, 1.54) is 0 Å². The number of hydrogen-bond donors (Lipinski definition) is 1. The molecule has 0 amide bonds. The summed E-state index contributed by atoms with van der Waals surface area (Å²) in [6, 6.07) is 0. The molecule has 1 heterocycles. The molecule has 0 radical (unpaired) electrons.